The summed E-state index contributed by atoms with van der Waals surface area (Å²) in [4.78, 5) is 30.6. The van der Waals surface area contributed by atoms with Crippen LogP contribution >= 0.6 is 0 Å². The van der Waals surface area contributed by atoms with E-state index in [1.54, 1.807) is 27.4 Å². The molecular formula is C43H65NO10. The zero-order valence-corrected chi connectivity index (χ0v) is 33.7. The Bertz CT molecular complexity index is 1400. The Morgan fingerprint density at radius 2 is 1.61 bits per heavy atom. The summed E-state index contributed by atoms with van der Waals surface area (Å²) in [6, 6.07) is 0.322. The number of ether oxygens (including phenoxy) is 8. The van der Waals surface area contributed by atoms with E-state index < -0.39 is 18.3 Å². The third-order valence-electron chi connectivity index (χ3n) is 13.2. The Balaban J connectivity index is 1.22. The van der Waals surface area contributed by atoms with Gasteiger partial charge in [0.15, 0.2) is 18.4 Å². The maximum absolute atomic E-state index is 14.7. The van der Waals surface area contributed by atoms with Crippen LogP contribution in [0.25, 0.3) is 0 Å². The van der Waals surface area contributed by atoms with Crippen molar-refractivity contribution in [2.45, 2.75) is 140 Å². The van der Waals surface area contributed by atoms with E-state index in [1.807, 2.05) is 26.0 Å². The summed E-state index contributed by atoms with van der Waals surface area (Å²) in [6.45, 7) is 9.88. The van der Waals surface area contributed by atoms with Crippen molar-refractivity contribution in [2.24, 2.45) is 35.5 Å². The van der Waals surface area contributed by atoms with Gasteiger partial charge in [-0.15, -0.1) is 0 Å². The lowest BCUT2D eigenvalue weighted by atomic mass is 9.70. The number of hydrogen-bond acceptors (Lipinski definition) is 11. The molecule has 3 aliphatic carbocycles. The first-order valence-corrected chi connectivity index (χ1v) is 20.3. The number of esters is 1. The highest BCUT2D eigenvalue weighted by Crippen LogP contribution is 2.54. The normalized spacial score (nSPS) is 44.5. The molecule has 0 radical (unpaired) electrons. The van der Waals surface area contributed by atoms with Crippen molar-refractivity contribution in [3.63, 3.8) is 0 Å². The van der Waals surface area contributed by atoms with Crippen LogP contribution in [0.4, 0.5) is 0 Å². The molecule has 0 aromatic carbocycles. The second-order valence-electron chi connectivity index (χ2n) is 16.6. The predicted octanol–water partition coefficient (Wildman–Crippen LogP) is 5.82. The number of carbonyl (C=O) groups excluding carboxylic acids is 2. The van der Waals surface area contributed by atoms with Crippen LogP contribution in [0, 0.1) is 35.5 Å². The number of methoxy groups -OCH3 is 3. The molecule has 302 valence electrons. The van der Waals surface area contributed by atoms with Crippen molar-refractivity contribution in [2.75, 3.05) is 35.4 Å². The second-order valence-corrected chi connectivity index (χ2v) is 16.6. The van der Waals surface area contributed by atoms with Gasteiger partial charge in [0.2, 0.25) is 0 Å². The molecule has 3 saturated heterocycles. The standard InChI is InChI=1S/C43H65NO10/c1-10-11-13-28-14-12-15-36(54-38-19-18-35(44(5)6)25(3)50-38)24(2)39(46)34-22-32-30(33(34)23-37(45)52-28)17-16-27-20-29(21-31(27)32)53-43-42(49-9)41(48-8)40(47-7)26(4)51-43/h10-11,13,16-17,22,24-33,35-36,38,40-43H,1,12,14-15,18-21,23H2,2-9H3. The largest absolute Gasteiger partial charge is 0.458 e. The first kappa shape index (κ1) is 41.4. The van der Waals surface area contributed by atoms with E-state index in [9.17, 15) is 9.59 Å². The Hall–Kier alpha value is -2.22. The van der Waals surface area contributed by atoms with Crippen molar-refractivity contribution < 1.29 is 47.5 Å². The summed E-state index contributed by atoms with van der Waals surface area (Å²) < 4.78 is 49.6. The van der Waals surface area contributed by atoms with Gasteiger partial charge in [-0.3, -0.25) is 9.59 Å². The lowest BCUT2D eigenvalue weighted by Gasteiger charge is -2.44. The number of allylic oxidation sites excluding steroid dienone is 6. The fourth-order valence-electron chi connectivity index (χ4n) is 10.4. The van der Waals surface area contributed by atoms with E-state index in [2.05, 4.69) is 50.7 Å². The number of Topliss-reactive ketones (excluding diaryl/α,β-unsaturated/α-hetero) is 1. The molecule has 0 bridgehead atoms. The molecule has 17 atom stereocenters. The topological polar surface area (TPSA) is 111 Å². The number of cyclic esters (lactones) is 1. The summed E-state index contributed by atoms with van der Waals surface area (Å²) in [5.41, 5.74) is 0.736. The SMILES string of the molecule is C=CC=CC1CCCC(OC2CCC(N(C)C)C(C)O2)C(C)C(=O)C2=CC3C(C=CC4CC(OC5OC(C)C(OC)C(OC)C5OC)CC43)C2CC(=O)O1. The summed E-state index contributed by atoms with van der Waals surface area (Å²) in [5.74, 6) is -0.256. The fourth-order valence-corrected chi connectivity index (χ4v) is 10.4. The Morgan fingerprint density at radius 3 is 2.30 bits per heavy atom. The lowest BCUT2D eigenvalue weighted by molar-refractivity contribution is -0.314. The summed E-state index contributed by atoms with van der Waals surface area (Å²) in [7, 11) is 9.13. The average molecular weight is 756 g/mol. The maximum Gasteiger partial charge on any atom is 0.307 e. The monoisotopic (exact) mass is 755 g/mol. The molecule has 6 aliphatic rings. The number of ketones is 1. The number of carbonyl (C=O) groups is 2. The lowest BCUT2D eigenvalue weighted by Crippen LogP contribution is -2.59. The van der Waals surface area contributed by atoms with Crippen molar-refractivity contribution in [1.82, 2.24) is 4.90 Å². The van der Waals surface area contributed by atoms with Gasteiger partial charge in [0.05, 0.1) is 30.8 Å². The number of fused-ring (bicyclic) bond motifs is 5. The molecule has 3 aliphatic heterocycles. The predicted molar refractivity (Wildman–Crippen MR) is 203 cm³/mol. The molecule has 11 nitrogen and oxygen atoms in total. The van der Waals surface area contributed by atoms with Crippen LogP contribution in [0.2, 0.25) is 0 Å². The molecule has 11 heteroatoms. The van der Waals surface area contributed by atoms with Crippen LogP contribution in [0.3, 0.4) is 0 Å². The quantitative estimate of drug-likeness (QED) is 0.153. The van der Waals surface area contributed by atoms with E-state index in [-0.39, 0.29) is 96.8 Å². The molecule has 0 N–H and O–H groups in total. The average Bonchev–Trinajstić information content (AvgIpc) is 3.72. The molecule has 6 rings (SSSR count). The smallest absolute Gasteiger partial charge is 0.307 e. The van der Waals surface area contributed by atoms with Crippen molar-refractivity contribution in [3.8, 4) is 0 Å². The zero-order chi connectivity index (χ0) is 38.7. The van der Waals surface area contributed by atoms with E-state index in [0.29, 0.717) is 18.9 Å². The molecule has 17 unspecified atom stereocenters. The summed E-state index contributed by atoms with van der Waals surface area (Å²) >= 11 is 0. The molecule has 0 aromatic heterocycles. The molecule has 0 amide bonds. The zero-order valence-electron chi connectivity index (χ0n) is 33.7. The molecule has 0 spiro atoms. The highest BCUT2D eigenvalue weighted by Gasteiger charge is 2.52. The number of hydrogen-bond donors (Lipinski definition) is 0. The first-order valence-electron chi connectivity index (χ1n) is 20.3. The van der Waals surface area contributed by atoms with Crippen LogP contribution in [0.5, 0.6) is 0 Å². The van der Waals surface area contributed by atoms with Crippen molar-refractivity contribution in [3.05, 3.63) is 48.6 Å². The third-order valence-corrected chi connectivity index (χ3v) is 13.2. The van der Waals surface area contributed by atoms with Crippen molar-refractivity contribution in [1.29, 1.82) is 0 Å². The minimum atomic E-state index is -0.606. The third kappa shape index (κ3) is 8.84. The van der Waals surface area contributed by atoms with E-state index in [4.69, 9.17) is 37.9 Å². The number of likely N-dealkylation sites (N-methyl/N-ethyl adjacent to an activating group) is 1. The van der Waals surface area contributed by atoms with Gasteiger partial charge in [-0.2, -0.15) is 0 Å². The first-order chi connectivity index (χ1) is 26.0. The van der Waals surface area contributed by atoms with Gasteiger partial charge in [-0.25, -0.2) is 0 Å². The van der Waals surface area contributed by atoms with Gasteiger partial charge in [-0.05, 0) is 108 Å². The van der Waals surface area contributed by atoms with Gasteiger partial charge in [0.1, 0.15) is 24.4 Å². The maximum atomic E-state index is 14.7. The van der Waals surface area contributed by atoms with Gasteiger partial charge in [-0.1, -0.05) is 43.9 Å². The van der Waals surface area contributed by atoms with Gasteiger partial charge in [0, 0.05) is 39.2 Å². The van der Waals surface area contributed by atoms with Gasteiger partial charge in [0.25, 0.3) is 0 Å². The molecule has 54 heavy (non-hydrogen) atoms. The van der Waals surface area contributed by atoms with Crippen LogP contribution in [0.15, 0.2) is 48.6 Å². The molecule has 4 fully saturated rings. The second kappa shape index (κ2) is 18.4. The van der Waals surface area contributed by atoms with Crippen LogP contribution in [-0.4, -0.2) is 120 Å². The van der Waals surface area contributed by atoms with Crippen LogP contribution in [0.1, 0.15) is 72.1 Å². The molecule has 0 aromatic rings. The highest BCUT2D eigenvalue weighted by molar-refractivity contribution is 5.99. The van der Waals surface area contributed by atoms with Crippen molar-refractivity contribution >= 4 is 11.8 Å². The molecule has 3 heterocycles. The molecular weight excluding hydrogens is 690 g/mol. The van der Waals surface area contributed by atoms with Gasteiger partial charge < -0.3 is 42.8 Å². The van der Waals surface area contributed by atoms with Crippen LogP contribution < -0.4 is 0 Å². The molecule has 1 saturated carbocycles. The Morgan fingerprint density at radius 1 is 0.852 bits per heavy atom. The minimum absolute atomic E-state index is 0.0108. The highest BCUT2D eigenvalue weighted by atomic mass is 16.7. The van der Waals surface area contributed by atoms with E-state index in [1.165, 1.54) is 0 Å². The van der Waals surface area contributed by atoms with Gasteiger partial charge >= 0.3 is 5.97 Å². The van der Waals surface area contributed by atoms with E-state index >= 15 is 0 Å². The van der Waals surface area contributed by atoms with E-state index in [0.717, 1.165) is 37.7 Å². The summed E-state index contributed by atoms with van der Waals surface area (Å²) in [5, 5.41) is 0. The summed E-state index contributed by atoms with van der Waals surface area (Å²) in [6.07, 6.45) is 14.7. The minimum Gasteiger partial charge on any atom is -0.458 e. The Kier molecular flexibility index (Phi) is 14.1. The number of rotatable bonds is 10. The Labute approximate surface area is 322 Å². The fraction of sp³-hybridized carbons (Fsp3) is 0.767. The number of nitrogens with zero attached hydrogens (tertiary/aromatic N) is 1. The van der Waals surface area contributed by atoms with Crippen LogP contribution in [-0.2, 0) is 47.5 Å².